The first-order valence-corrected chi connectivity index (χ1v) is 11.6. The number of carbonyl (C=O) groups is 1. The Morgan fingerprint density at radius 1 is 1.17 bits per heavy atom. The number of nitrogens with zero attached hydrogens (tertiary/aromatic N) is 7. The number of aromatic amines is 1. The van der Waals surface area contributed by atoms with Crippen LogP contribution in [0.15, 0.2) is 47.5 Å². The monoisotopic (exact) mass is 491 g/mol. The summed E-state index contributed by atoms with van der Waals surface area (Å²) in [4.78, 5) is 37.8. The number of furan rings is 1. The Morgan fingerprint density at radius 2 is 2.03 bits per heavy atom. The van der Waals surface area contributed by atoms with Gasteiger partial charge in [-0.2, -0.15) is 9.97 Å². The molecule has 1 fully saturated rings. The SMILES string of the molecule is CC(=O)N1CCN(c2nc(NCc3nc4ccc(Cl)cc4[nH]3)c3ncn(-c4ccoc4)c3n2)CC1. The van der Waals surface area contributed by atoms with E-state index in [-0.39, 0.29) is 5.91 Å². The van der Waals surface area contributed by atoms with Gasteiger partial charge in [0.2, 0.25) is 11.9 Å². The van der Waals surface area contributed by atoms with Crippen LogP contribution in [0.2, 0.25) is 5.02 Å². The van der Waals surface area contributed by atoms with E-state index in [1.807, 2.05) is 33.7 Å². The first kappa shape index (κ1) is 21.4. The molecule has 1 amide bonds. The minimum absolute atomic E-state index is 0.0773. The summed E-state index contributed by atoms with van der Waals surface area (Å²) in [5.41, 5.74) is 3.82. The van der Waals surface area contributed by atoms with Crippen molar-refractivity contribution in [3.8, 4) is 5.69 Å². The fraction of sp³-hybridized carbons (Fsp3) is 0.261. The van der Waals surface area contributed by atoms with Crippen molar-refractivity contribution in [2.24, 2.45) is 0 Å². The van der Waals surface area contributed by atoms with E-state index in [2.05, 4.69) is 25.2 Å². The summed E-state index contributed by atoms with van der Waals surface area (Å²) in [6.45, 7) is 4.55. The quantitative estimate of drug-likeness (QED) is 0.384. The maximum absolute atomic E-state index is 11.7. The van der Waals surface area contributed by atoms with Gasteiger partial charge in [-0.15, -0.1) is 0 Å². The number of hydrogen-bond acceptors (Lipinski definition) is 8. The topological polar surface area (TPSA) is 121 Å². The molecule has 4 aromatic heterocycles. The lowest BCUT2D eigenvalue weighted by molar-refractivity contribution is -0.129. The van der Waals surface area contributed by atoms with Gasteiger partial charge in [0.25, 0.3) is 0 Å². The van der Waals surface area contributed by atoms with Crippen LogP contribution in [-0.2, 0) is 11.3 Å². The van der Waals surface area contributed by atoms with Crippen LogP contribution in [-0.4, -0.2) is 66.5 Å². The van der Waals surface area contributed by atoms with Crippen LogP contribution < -0.4 is 10.2 Å². The molecule has 0 unspecified atom stereocenters. The van der Waals surface area contributed by atoms with Crippen molar-refractivity contribution in [3.05, 3.63) is 54.0 Å². The minimum Gasteiger partial charge on any atom is -0.470 e. The van der Waals surface area contributed by atoms with Crippen LogP contribution in [0.4, 0.5) is 11.8 Å². The van der Waals surface area contributed by atoms with E-state index in [0.29, 0.717) is 60.7 Å². The Morgan fingerprint density at radius 3 is 2.80 bits per heavy atom. The van der Waals surface area contributed by atoms with E-state index in [1.165, 1.54) is 0 Å². The maximum atomic E-state index is 11.7. The van der Waals surface area contributed by atoms with Crippen LogP contribution in [0.3, 0.4) is 0 Å². The highest BCUT2D eigenvalue weighted by Crippen LogP contribution is 2.26. The minimum atomic E-state index is 0.0773. The van der Waals surface area contributed by atoms with E-state index in [0.717, 1.165) is 22.5 Å². The number of anilines is 2. The fourth-order valence-corrected chi connectivity index (χ4v) is 4.42. The van der Waals surface area contributed by atoms with Crippen molar-refractivity contribution in [2.45, 2.75) is 13.5 Å². The Balaban J connectivity index is 1.35. The molecule has 12 heteroatoms. The molecule has 0 spiro atoms. The largest absolute Gasteiger partial charge is 0.470 e. The van der Waals surface area contributed by atoms with Gasteiger partial charge in [0.1, 0.15) is 18.4 Å². The second-order valence-electron chi connectivity index (χ2n) is 8.33. The first-order chi connectivity index (χ1) is 17.0. The van der Waals surface area contributed by atoms with Gasteiger partial charge in [0, 0.05) is 44.2 Å². The molecule has 1 aliphatic heterocycles. The zero-order chi connectivity index (χ0) is 23.9. The van der Waals surface area contributed by atoms with E-state index in [4.69, 9.17) is 26.0 Å². The van der Waals surface area contributed by atoms with Gasteiger partial charge < -0.3 is 24.5 Å². The number of aromatic nitrogens is 6. The number of benzene rings is 1. The second-order valence-corrected chi connectivity index (χ2v) is 8.77. The highest BCUT2D eigenvalue weighted by Gasteiger charge is 2.23. The van der Waals surface area contributed by atoms with E-state index >= 15 is 0 Å². The molecule has 5 aromatic rings. The summed E-state index contributed by atoms with van der Waals surface area (Å²) in [5, 5.41) is 4.03. The maximum Gasteiger partial charge on any atom is 0.229 e. The predicted molar refractivity (Wildman–Crippen MR) is 132 cm³/mol. The number of carbonyl (C=O) groups excluding carboxylic acids is 1. The lowest BCUT2D eigenvalue weighted by atomic mass is 10.3. The third-order valence-corrected chi connectivity index (χ3v) is 6.33. The average molecular weight is 492 g/mol. The lowest BCUT2D eigenvalue weighted by Gasteiger charge is -2.34. The van der Waals surface area contributed by atoms with Crippen molar-refractivity contribution in [1.82, 2.24) is 34.4 Å². The normalized spacial score (nSPS) is 14.2. The van der Waals surface area contributed by atoms with Crippen LogP contribution in [0, 0.1) is 0 Å². The number of hydrogen-bond donors (Lipinski definition) is 2. The molecular formula is C23H22ClN9O2. The number of H-pyrrole nitrogens is 1. The summed E-state index contributed by atoms with van der Waals surface area (Å²) < 4.78 is 7.13. The third-order valence-electron chi connectivity index (χ3n) is 6.09. The molecule has 178 valence electrons. The third kappa shape index (κ3) is 4.03. The molecule has 1 aliphatic rings. The number of piperazine rings is 1. The Kier molecular flexibility index (Phi) is 5.25. The van der Waals surface area contributed by atoms with Crippen LogP contribution in [0.1, 0.15) is 12.7 Å². The van der Waals surface area contributed by atoms with Crippen molar-refractivity contribution >= 4 is 51.5 Å². The van der Waals surface area contributed by atoms with Gasteiger partial charge in [-0.3, -0.25) is 9.36 Å². The number of fused-ring (bicyclic) bond motifs is 2. The summed E-state index contributed by atoms with van der Waals surface area (Å²) in [6, 6.07) is 7.39. The number of rotatable bonds is 5. The van der Waals surface area contributed by atoms with Gasteiger partial charge in [-0.1, -0.05) is 11.6 Å². The van der Waals surface area contributed by atoms with E-state index < -0.39 is 0 Å². The number of halogens is 1. The van der Waals surface area contributed by atoms with Crippen LogP contribution in [0.5, 0.6) is 0 Å². The first-order valence-electron chi connectivity index (χ1n) is 11.2. The second kappa shape index (κ2) is 8.58. The molecular weight excluding hydrogens is 470 g/mol. The smallest absolute Gasteiger partial charge is 0.229 e. The zero-order valence-electron chi connectivity index (χ0n) is 18.9. The molecule has 35 heavy (non-hydrogen) atoms. The van der Waals surface area contributed by atoms with Gasteiger partial charge in [0.05, 0.1) is 29.5 Å². The van der Waals surface area contributed by atoms with Gasteiger partial charge in [-0.05, 0) is 18.2 Å². The predicted octanol–water partition coefficient (Wildman–Crippen LogP) is 3.22. The Bertz CT molecular complexity index is 1520. The number of imidazole rings is 2. The van der Waals surface area contributed by atoms with Crippen LogP contribution in [0.25, 0.3) is 27.9 Å². The lowest BCUT2D eigenvalue weighted by Crippen LogP contribution is -2.48. The van der Waals surface area contributed by atoms with Crippen LogP contribution >= 0.6 is 11.6 Å². The molecule has 6 rings (SSSR count). The highest BCUT2D eigenvalue weighted by molar-refractivity contribution is 6.31. The molecule has 0 saturated carbocycles. The summed E-state index contributed by atoms with van der Waals surface area (Å²) >= 11 is 6.10. The Labute approximate surface area is 204 Å². The van der Waals surface area contributed by atoms with Crippen molar-refractivity contribution < 1.29 is 9.21 Å². The molecule has 0 radical (unpaired) electrons. The van der Waals surface area contributed by atoms with Crippen molar-refractivity contribution in [1.29, 1.82) is 0 Å². The molecule has 11 nitrogen and oxygen atoms in total. The molecule has 5 heterocycles. The number of nitrogens with one attached hydrogen (secondary N) is 2. The van der Waals surface area contributed by atoms with E-state index in [9.17, 15) is 4.79 Å². The van der Waals surface area contributed by atoms with Gasteiger partial charge >= 0.3 is 0 Å². The van der Waals surface area contributed by atoms with Gasteiger partial charge in [-0.25, -0.2) is 9.97 Å². The van der Waals surface area contributed by atoms with Crippen molar-refractivity contribution in [3.63, 3.8) is 0 Å². The van der Waals surface area contributed by atoms with E-state index in [1.54, 1.807) is 25.8 Å². The fourth-order valence-electron chi connectivity index (χ4n) is 4.24. The molecule has 2 N–H and O–H groups in total. The molecule has 0 aliphatic carbocycles. The van der Waals surface area contributed by atoms with Crippen molar-refractivity contribution in [2.75, 3.05) is 36.4 Å². The zero-order valence-corrected chi connectivity index (χ0v) is 19.7. The number of amides is 1. The molecule has 0 atom stereocenters. The molecule has 1 aromatic carbocycles. The standard InChI is InChI=1S/C23H22ClN9O2/c1-14(34)31-5-7-32(8-6-31)23-29-21(20-22(30-23)33(13-26-20)16-4-9-35-12-16)25-11-19-27-17-3-2-15(24)10-18(17)28-19/h2-4,9-10,12-13H,5-8,11H2,1H3,(H,27,28)(H,25,29,30). The molecule has 1 saturated heterocycles. The molecule has 0 bridgehead atoms. The summed E-state index contributed by atoms with van der Waals surface area (Å²) in [6.07, 6.45) is 4.95. The highest BCUT2D eigenvalue weighted by atomic mass is 35.5. The van der Waals surface area contributed by atoms with Gasteiger partial charge in [0.15, 0.2) is 17.0 Å². The average Bonchev–Trinajstić information content (AvgIpc) is 3.61. The Hall–Kier alpha value is -4.12. The summed E-state index contributed by atoms with van der Waals surface area (Å²) in [7, 11) is 0. The summed E-state index contributed by atoms with van der Waals surface area (Å²) in [5.74, 6) is 2.00.